The largest absolute Gasteiger partial charge is 0.464 e. The van der Waals surface area contributed by atoms with Gasteiger partial charge in [0.05, 0.1) is 11.8 Å². The molecule has 0 radical (unpaired) electrons. The molecule has 0 fully saturated rings. The highest BCUT2D eigenvalue weighted by atomic mass is 16.3. The zero-order valence-corrected chi connectivity index (χ0v) is 11.6. The fourth-order valence-corrected chi connectivity index (χ4v) is 2.81. The minimum atomic E-state index is 0.220. The Morgan fingerprint density at radius 2 is 1.86 bits per heavy atom. The number of hydrogen-bond donors (Lipinski definition) is 1. The van der Waals surface area contributed by atoms with Gasteiger partial charge in [-0.1, -0.05) is 36.4 Å². The molecule has 0 aliphatic rings. The molecule has 0 spiro atoms. The summed E-state index contributed by atoms with van der Waals surface area (Å²) in [5, 5.41) is 12.4. The van der Waals surface area contributed by atoms with Crippen LogP contribution in [-0.4, -0.2) is 4.98 Å². The molecule has 4 nitrogen and oxygen atoms in total. The van der Waals surface area contributed by atoms with Gasteiger partial charge in [-0.25, -0.2) is 4.98 Å². The maximum atomic E-state index is 9.46. The summed E-state index contributed by atoms with van der Waals surface area (Å²) in [5.41, 5.74) is 7.84. The summed E-state index contributed by atoms with van der Waals surface area (Å²) in [6.45, 7) is 0. The third-order valence-electron chi connectivity index (χ3n) is 3.79. The van der Waals surface area contributed by atoms with E-state index in [9.17, 15) is 5.26 Å². The Kier molecular flexibility index (Phi) is 2.60. The monoisotopic (exact) mass is 285 g/mol. The number of hydrogen-bond acceptors (Lipinski definition) is 4. The molecular formula is C18H11N3O. The molecule has 4 heteroatoms. The first kappa shape index (κ1) is 12.4. The summed E-state index contributed by atoms with van der Waals surface area (Å²) < 4.78 is 5.50. The summed E-state index contributed by atoms with van der Waals surface area (Å²) in [7, 11) is 0. The van der Waals surface area contributed by atoms with Crippen LogP contribution in [0.2, 0.25) is 0 Å². The summed E-state index contributed by atoms with van der Waals surface area (Å²) in [6.07, 6.45) is 1.58. The molecular weight excluding hydrogens is 274 g/mol. The van der Waals surface area contributed by atoms with Crippen molar-refractivity contribution in [3.63, 3.8) is 0 Å². The van der Waals surface area contributed by atoms with Crippen molar-refractivity contribution in [1.29, 1.82) is 5.26 Å². The van der Waals surface area contributed by atoms with Crippen molar-refractivity contribution in [2.24, 2.45) is 0 Å². The zero-order chi connectivity index (χ0) is 15.1. The van der Waals surface area contributed by atoms with E-state index in [0.717, 1.165) is 21.7 Å². The van der Waals surface area contributed by atoms with Crippen LogP contribution in [0.1, 0.15) is 5.56 Å². The fourth-order valence-electron chi connectivity index (χ4n) is 2.81. The lowest BCUT2D eigenvalue weighted by molar-refractivity contribution is 0.583. The second-order valence-electron chi connectivity index (χ2n) is 5.02. The molecule has 0 unspecified atom stereocenters. The van der Waals surface area contributed by atoms with Crippen LogP contribution >= 0.6 is 0 Å². The Morgan fingerprint density at radius 3 is 2.64 bits per heavy atom. The molecule has 104 valence electrons. The Labute approximate surface area is 126 Å². The first-order valence-corrected chi connectivity index (χ1v) is 6.84. The quantitative estimate of drug-likeness (QED) is 0.534. The number of nitriles is 1. The van der Waals surface area contributed by atoms with Gasteiger partial charge in [0.2, 0.25) is 0 Å². The highest BCUT2D eigenvalue weighted by molar-refractivity contribution is 6.11. The maximum Gasteiger partial charge on any atom is 0.142 e. The number of nitrogens with two attached hydrogens (primary N) is 1. The van der Waals surface area contributed by atoms with Crippen LogP contribution in [0.3, 0.4) is 0 Å². The van der Waals surface area contributed by atoms with E-state index < -0.39 is 0 Å². The van der Waals surface area contributed by atoms with Gasteiger partial charge in [-0.3, -0.25) is 0 Å². The van der Waals surface area contributed by atoms with Gasteiger partial charge < -0.3 is 10.2 Å². The highest BCUT2D eigenvalue weighted by Crippen LogP contribution is 2.36. The van der Waals surface area contributed by atoms with Crippen LogP contribution in [0, 0.1) is 11.3 Å². The summed E-state index contributed by atoms with van der Waals surface area (Å²) in [5.74, 6) is 0.837. The topological polar surface area (TPSA) is 75.8 Å². The number of nitrogen functional groups attached to an aromatic ring is 1. The van der Waals surface area contributed by atoms with Crippen LogP contribution in [0.5, 0.6) is 0 Å². The van der Waals surface area contributed by atoms with E-state index in [1.807, 2.05) is 42.5 Å². The predicted octanol–water partition coefficient (Wildman–Crippen LogP) is 4.10. The van der Waals surface area contributed by atoms with Crippen LogP contribution in [-0.2, 0) is 0 Å². The van der Waals surface area contributed by atoms with Crippen molar-refractivity contribution in [2.75, 3.05) is 5.73 Å². The number of nitrogens with zero attached hydrogens (tertiary/aromatic N) is 2. The molecule has 2 N–H and O–H groups in total. The Morgan fingerprint density at radius 1 is 1.00 bits per heavy atom. The van der Waals surface area contributed by atoms with E-state index in [-0.39, 0.29) is 5.82 Å². The number of fused-ring (bicyclic) bond motifs is 3. The molecule has 4 rings (SSSR count). The number of pyridine rings is 1. The van der Waals surface area contributed by atoms with E-state index in [1.165, 1.54) is 0 Å². The summed E-state index contributed by atoms with van der Waals surface area (Å²) in [6, 6.07) is 17.7. The molecule has 2 heterocycles. The van der Waals surface area contributed by atoms with Crippen LogP contribution in [0.25, 0.3) is 33.0 Å². The second-order valence-corrected chi connectivity index (χ2v) is 5.02. The summed E-state index contributed by atoms with van der Waals surface area (Å²) in [4.78, 5) is 4.46. The van der Waals surface area contributed by atoms with Crippen LogP contribution < -0.4 is 5.73 Å². The van der Waals surface area contributed by atoms with Gasteiger partial charge in [-0.05, 0) is 17.5 Å². The van der Waals surface area contributed by atoms with E-state index in [1.54, 1.807) is 12.3 Å². The van der Waals surface area contributed by atoms with Crippen molar-refractivity contribution < 1.29 is 4.42 Å². The average molecular weight is 285 g/mol. The van der Waals surface area contributed by atoms with Gasteiger partial charge in [-0.2, -0.15) is 5.26 Å². The van der Waals surface area contributed by atoms with Gasteiger partial charge in [0, 0.05) is 16.3 Å². The van der Waals surface area contributed by atoms with E-state index in [0.29, 0.717) is 16.9 Å². The highest BCUT2D eigenvalue weighted by Gasteiger charge is 2.18. The molecule has 2 aromatic heterocycles. The van der Waals surface area contributed by atoms with Crippen LogP contribution in [0.4, 0.5) is 5.82 Å². The van der Waals surface area contributed by atoms with Gasteiger partial charge >= 0.3 is 0 Å². The van der Waals surface area contributed by atoms with Crippen molar-refractivity contribution >= 4 is 27.5 Å². The molecule has 0 aliphatic heterocycles. The lowest BCUT2D eigenvalue weighted by Crippen LogP contribution is -1.99. The Bertz CT molecular complexity index is 1040. The Balaban J connectivity index is 2.25. The molecule has 2 aromatic carbocycles. The smallest absolute Gasteiger partial charge is 0.142 e. The zero-order valence-electron chi connectivity index (χ0n) is 11.6. The van der Waals surface area contributed by atoms with Gasteiger partial charge in [0.25, 0.3) is 0 Å². The molecule has 0 saturated heterocycles. The SMILES string of the molecule is N#Cc1c(N)nc2c(ccc3ccccc32)c1-c1ccco1. The maximum absolute atomic E-state index is 9.46. The molecule has 4 aromatic rings. The lowest BCUT2D eigenvalue weighted by atomic mass is 9.97. The second kappa shape index (κ2) is 4.61. The van der Waals surface area contributed by atoms with Crippen molar-refractivity contribution in [3.8, 4) is 17.4 Å². The molecule has 0 aliphatic carbocycles. The molecule has 0 saturated carbocycles. The van der Waals surface area contributed by atoms with E-state index in [2.05, 4.69) is 11.1 Å². The number of anilines is 1. The minimum absolute atomic E-state index is 0.220. The number of benzene rings is 2. The normalized spacial score (nSPS) is 10.9. The van der Waals surface area contributed by atoms with Crippen molar-refractivity contribution in [1.82, 2.24) is 4.98 Å². The molecule has 0 atom stereocenters. The van der Waals surface area contributed by atoms with E-state index >= 15 is 0 Å². The Hall–Kier alpha value is -3.32. The third-order valence-corrected chi connectivity index (χ3v) is 3.79. The fraction of sp³-hybridized carbons (Fsp3) is 0. The number of aromatic nitrogens is 1. The third kappa shape index (κ3) is 1.66. The molecule has 22 heavy (non-hydrogen) atoms. The first-order chi connectivity index (χ1) is 10.8. The van der Waals surface area contributed by atoms with Crippen molar-refractivity contribution in [2.45, 2.75) is 0 Å². The number of furan rings is 1. The number of rotatable bonds is 1. The first-order valence-electron chi connectivity index (χ1n) is 6.84. The van der Waals surface area contributed by atoms with Crippen molar-refractivity contribution in [3.05, 3.63) is 60.4 Å². The summed E-state index contributed by atoms with van der Waals surface area (Å²) >= 11 is 0. The average Bonchev–Trinajstić information content (AvgIpc) is 3.07. The molecule has 0 amide bonds. The lowest BCUT2D eigenvalue weighted by Gasteiger charge is -2.10. The predicted molar refractivity (Wildman–Crippen MR) is 86.1 cm³/mol. The van der Waals surface area contributed by atoms with Gasteiger partial charge in [-0.15, -0.1) is 0 Å². The minimum Gasteiger partial charge on any atom is -0.464 e. The van der Waals surface area contributed by atoms with Crippen LogP contribution in [0.15, 0.2) is 59.2 Å². The standard InChI is InChI=1S/C18H11N3O/c19-10-14-16(15-6-3-9-22-15)13-8-7-11-4-1-2-5-12(11)17(13)21-18(14)20/h1-9H,(H2,20,21). The molecule has 0 bridgehead atoms. The van der Waals surface area contributed by atoms with Gasteiger partial charge in [0.1, 0.15) is 23.2 Å². The van der Waals surface area contributed by atoms with E-state index in [4.69, 9.17) is 10.2 Å². The van der Waals surface area contributed by atoms with Gasteiger partial charge in [0.15, 0.2) is 0 Å².